The number of piperidine rings is 1. The normalized spacial score (nSPS) is 22.9. The van der Waals surface area contributed by atoms with Crippen LogP contribution in [0.2, 0.25) is 0 Å². The molecule has 49 heavy (non-hydrogen) atoms. The number of carbonyl (C=O) groups excluding carboxylic acids is 5. The topological polar surface area (TPSA) is 188 Å². The summed E-state index contributed by atoms with van der Waals surface area (Å²) in [5.41, 5.74) is 8.28. The van der Waals surface area contributed by atoms with E-state index in [-0.39, 0.29) is 59.2 Å². The average molecular weight is 668 g/mol. The monoisotopic (exact) mass is 667 g/mol. The van der Waals surface area contributed by atoms with Crippen molar-refractivity contribution in [2.75, 3.05) is 36.8 Å². The zero-order valence-corrected chi connectivity index (χ0v) is 26.8. The molecule has 5 amide bonds. The Hall–Kier alpha value is -5.53. The fourth-order valence-electron chi connectivity index (χ4n) is 7.29. The van der Waals surface area contributed by atoms with Gasteiger partial charge in [-0.1, -0.05) is 18.2 Å². The zero-order valence-electron chi connectivity index (χ0n) is 26.8. The second-order valence-electron chi connectivity index (χ2n) is 12.9. The number of phenols is 1. The number of amides is 5. The summed E-state index contributed by atoms with van der Waals surface area (Å²) in [6.07, 6.45) is 3.27. The molecule has 1 aliphatic carbocycles. The van der Waals surface area contributed by atoms with Gasteiger partial charge >= 0.3 is 0 Å². The maximum atomic E-state index is 13.7. The third-order valence-electron chi connectivity index (χ3n) is 9.90. The molecule has 2 saturated heterocycles. The highest BCUT2D eigenvalue weighted by molar-refractivity contribution is 6.24. The first kappa shape index (κ1) is 32.0. The summed E-state index contributed by atoms with van der Waals surface area (Å²) in [5, 5.41) is 20.8. The summed E-state index contributed by atoms with van der Waals surface area (Å²) in [5.74, 6) is -1.65. The van der Waals surface area contributed by atoms with Crippen LogP contribution in [0.1, 0.15) is 65.7 Å². The van der Waals surface area contributed by atoms with Crippen LogP contribution in [0, 0.1) is 5.92 Å². The van der Waals surface area contributed by atoms with E-state index in [9.17, 15) is 29.1 Å². The van der Waals surface area contributed by atoms with Crippen LogP contribution in [-0.4, -0.2) is 93.0 Å². The molecule has 3 aliphatic heterocycles. The SMILES string of the molecule is Nc1nnc(-c2ccccc2O)cc1N1CCN(C(=O)C2CCCC(Oc3cccc4c3C(=O)N(C3CCC(=O)NC3=O)C4=O)CC2)CC1. The van der Waals surface area contributed by atoms with Crippen LogP contribution in [-0.2, 0) is 14.4 Å². The fourth-order valence-corrected chi connectivity index (χ4v) is 7.29. The summed E-state index contributed by atoms with van der Waals surface area (Å²) < 4.78 is 6.35. The van der Waals surface area contributed by atoms with E-state index in [0.717, 1.165) is 17.7 Å². The highest BCUT2D eigenvalue weighted by atomic mass is 16.5. The van der Waals surface area contributed by atoms with Crippen LogP contribution in [0.4, 0.5) is 11.5 Å². The van der Waals surface area contributed by atoms with Crippen LogP contribution in [0.25, 0.3) is 11.3 Å². The Kier molecular flexibility index (Phi) is 8.61. The van der Waals surface area contributed by atoms with E-state index < -0.39 is 29.7 Å². The highest BCUT2D eigenvalue weighted by Gasteiger charge is 2.46. The molecular formula is C35H37N7O7. The summed E-state index contributed by atoms with van der Waals surface area (Å²) >= 11 is 0. The number of benzene rings is 2. The Morgan fingerprint density at radius 2 is 1.65 bits per heavy atom. The van der Waals surface area contributed by atoms with Crippen molar-refractivity contribution in [3.8, 4) is 22.8 Å². The van der Waals surface area contributed by atoms with E-state index in [4.69, 9.17) is 10.5 Å². The van der Waals surface area contributed by atoms with Gasteiger partial charge in [0.15, 0.2) is 5.82 Å². The molecule has 14 nitrogen and oxygen atoms in total. The summed E-state index contributed by atoms with van der Waals surface area (Å²) in [6.45, 7) is 2.20. The number of rotatable bonds is 6. The Morgan fingerprint density at radius 3 is 2.43 bits per heavy atom. The van der Waals surface area contributed by atoms with Crippen molar-refractivity contribution in [1.82, 2.24) is 25.3 Å². The quantitative estimate of drug-likeness (QED) is 0.259. The molecule has 4 heterocycles. The molecule has 2 aromatic carbocycles. The van der Waals surface area contributed by atoms with Crippen molar-refractivity contribution in [1.29, 1.82) is 0 Å². The van der Waals surface area contributed by atoms with Gasteiger partial charge < -0.3 is 25.4 Å². The Labute approximate surface area is 282 Å². The lowest BCUT2D eigenvalue weighted by Crippen LogP contribution is -2.54. The lowest BCUT2D eigenvalue weighted by molar-refractivity contribution is -0.137. The molecule has 0 spiro atoms. The summed E-state index contributed by atoms with van der Waals surface area (Å²) in [7, 11) is 0. The van der Waals surface area contributed by atoms with Gasteiger partial charge in [-0.25, -0.2) is 0 Å². The predicted molar refractivity (Wildman–Crippen MR) is 176 cm³/mol. The number of carbonyl (C=O) groups is 5. The van der Waals surface area contributed by atoms with Gasteiger partial charge in [0.1, 0.15) is 17.5 Å². The van der Waals surface area contributed by atoms with Gasteiger partial charge in [0.25, 0.3) is 11.8 Å². The molecule has 254 valence electrons. The number of ether oxygens (including phenoxy) is 1. The first-order valence-electron chi connectivity index (χ1n) is 16.7. The van der Waals surface area contributed by atoms with Gasteiger partial charge in [0, 0.05) is 44.1 Å². The predicted octanol–water partition coefficient (Wildman–Crippen LogP) is 2.51. The Bertz CT molecular complexity index is 1840. The molecule has 4 N–H and O–H groups in total. The number of aromatic nitrogens is 2. The number of phenolic OH excluding ortho intramolecular Hbond substituents is 1. The highest BCUT2D eigenvalue weighted by Crippen LogP contribution is 2.37. The second-order valence-corrected chi connectivity index (χ2v) is 12.9. The van der Waals surface area contributed by atoms with E-state index in [2.05, 4.69) is 20.4 Å². The van der Waals surface area contributed by atoms with Gasteiger partial charge in [-0.05, 0) is 68.9 Å². The minimum atomic E-state index is -1.05. The smallest absolute Gasteiger partial charge is 0.266 e. The molecule has 3 aromatic rings. The van der Waals surface area contributed by atoms with Gasteiger partial charge in [-0.2, -0.15) is 0 Å². The maximum Gasteiger partial charge on any atom is 0.266 e. The number of nitrogens with zero attached hydrogens (tertiary/aromatic N) is 5. The first-order valence-corrected chi connectivity index (χ1v) is 16.7. The van der Waals surface area contributed by atoms with Crippen molar-refractivity contribution < 1.29 is 33.8 Å². The molecule has 14 heteroatoms. The number of nitrogens with one attached hydrogen (secondary N) is 1. The summed E-state index contributed by atoms with van der Waals surface area (Å²) in [6, 6.07) is 12.5. The molecule has 4 aliphatic rings. The van der Waals surface area contributed by atoms with E-state index in [0.29, 0.717) is 62.4 Å². The number of imide groups is 2. The molecule has 3 unspecified atom stereocenters. The third kappa shape index (κ3) is 6.14. The number of nitrogens with two attached hydrogens (primary N) is 1. The summed E-state index contributed by atoms with van der Waals surface area (Å²) in [4.78, 5) is 69.4. The Morgan fingerprint density at radius 1 is 0.878 bits per heavy atom. The first-order chi connectivity index (χ1) is 23.7. The van der Waals surface area contributed by atoms with Gasteiger partial charge in [0.2, 0.25) is 17.7 Å². The standard InChI is InChI=1S/C35H37N7O7/c36-31-26(19-24(38-39-31)22-7-1-2-9-27(22)43)40-15-17-41(18-16-40)33(46)20-5-3-6-21(12-11-20)49-28-10-4-8-23-30(28)35(48)42(34(23)47)25-13-14-29(44)37-32(25)45/h1-2,4,7-10,19-21,25,43H,3,5-6,11-18H2,(H2,36,39)(H,37,44,45). The van der Waals surface area contributed by atoms with Crippen molar-refractivity contribution in [2.24, 2.45) is 5.92 Å². The minimum absolute atomic E-state index is 0.0450. The number of anilines is 2. The molecule has 0 bridgehead atoms. The fraction of sp³-hybridized carbons (Fsp3) is 0.400. The van der Waals surface area contributed by atoms with Crippen molar-refractivity contribution in [2.45, 2.75) is 57.1 Å². The Balaban J connectivity index is 0.962. The average Bonchev–Trinajstić information content (AvgIpc) is 3.22. The lowest BCUT2D eigenvalue weighted by atomic mass is 9.98. The van der Waals surface area contributed by atoms with E-state index in [1.807, 2.05) is 17.0 Å². The van der Waals surface area contributed by atoms with Crippen LogP contribution >= 0.6 is 0 Å². The van der Waals surface area contributed by atoms with Crippen LogP contribution in [0.15, 0.2) is 48.5 Å². The zero-order chi connectivity index (χ0) is 34.2. The lowest BCUT2D eigenvalue weighted by Gasteiger charge is -2.37. The maximum absolute atomic E-state index is 13.7. The molecule has 3 atom stereocenters. The number of nitrogen functional groups attached to an aromatic ring is 1. The van der Waals surface area contributed by atoms with Crippen LogP contribution < -0.4 is 20.7 Å². The van der Waals surface area contributed by atoms with E-state index in [1.54, 1.807) is 36.4 Å². The van der Waals surface area contributed by atoms with Gasteiger partial charge in [0.05, 0.1) is 28.6 Å². The molecule has 3 fully saturated rings. The molecule has 1 aromatic heterocycles. The number of aromatic hydroxyl groups is 1. The van der Waals surface area contributed by atoms with Crippen molar-refractivity contribution in [3.63, 3.8) is 0 Å². The number of hydrogen-bond acceptors (Lipinski definition) is 11. The molecular weight excluding hydrogens is 630 g/mol. The van der Waals surface area contributed by atoms with Crippen molar-refractivity contribution >= 4 is 41.0 Å². The van der Waals surface area contributed by atoms with Crippen LogP contribution in [0.5, 0.6) is 11.5 Å². The number of hydrogen-bond donors (Lipinski definition) is 3. The molecule has 1 saturated carbocycles. The molecule has 0 radical (unpaired) electrons. The molecule has 7 rings (SSSR count). The minimum Gasteiger partial charge on any atom is -0.507 e. The van der Waals surface area contributed by atoms with Gasteiger partial charge in [-0.15, -0.1) is 10.2 Å². The number of piperazine rings is 1. The third-order valence-corrected chi connectivity index (χ3v) is 9.90. The number of fused-ring (bicyclic) bond motifs is 1. The van der Waals surface area contributed by atoms with Gasteiger partial charge in [-0.3, -0.25) is 34.2 Å². The number of para-hydroxylation sites is 1. The second kappa shape index (κ2) is 13.2. The van der Waals surface area contributed by atoms with E-state index in [1.165, 1.54) is 0 Å². The van der Waals surface area contributed by atoms with Crippen molar-refractivity contribution in [3.05, 3.63) is 59.7 Å². The van der Waals surface area contributed by atoms with E-state index >= 15 is 0 Å². The largest absolute Gasteiger partial charge is 0.507 e. The van der Waals surface area contributed by atoms with Crippen LogP contribution in [0.3, 0.4) is 0 Å².